The molecule has 0 radical (unpaired) electrons. The third-order valence-corrected chi connectivity index (χ3v) is 4.38. The van der Waals surface area contributed by atoms with Crippen LogP contribution in [-0.4, -0.2) is 43.5 Å². The Kier molecular flexibility index (Phi) is 7.73. The van der Waals surface area contributed by atoms with Crippen LogP contribution in [0.2, 0.25) is 0 Å². The van der Waals surface area contributed by atoms with Gasteiger partial charge in [0.15, 0.2) is 11.5 Å². The topological polar surface area (TPSA) is 106 Å². The smallest absolute Gasteiger partial charge is 0.268 e. The molecule has 0 bridgehead atoms. The summed E-state index contributed by atoms with van der Waals surface area (Å²) in [6.45, 7) is 2.78. The van der Waals surface area contributed by atoms with Gasteiger partial charge in [-0.15, -0.1) is 10.2 Å². The van der Waals surface area contributed by atoms with Gasteiger partial charge in [-0.1, -0.05) is 24.3 Å². The van der Waals surface area contributed by atoms with Gasteiger partial charge in [0.05, 0.1) is 13.7 Å². The van der Waals surface area contributed by atoms with Crippen molar-refractivity contribution >= 4 is 28.5 Å². The van der Waals surface area contributed by atoms with Crippen LogP contribution in [0.4, 0.5) is 5.13 Å². The maximum absolute atomic E-state index is 12.3. The molecule has 0 atom stereocenters. The van der Waals surface area contributed by atoms with Crippen molar-refractivity contribution < 1.29 is 19.0 Å². The first-order valence-electron chi connectivity index (χ1n) is 8.16. The molecule has 1 aromatic carbocycles. The molecular weight excluding hydrogens is 368 g/mol. The molecular formula is C18H20N4O4S. The summed E-state index contributed by atoms with van der Waals surface area (Å²) >= 11 is 1.28. The number of aryl methyl sites for hydroxylation is 1. The number of nitrogens with zero attached hydrogens (tertiary/aromatic N) is 3. The molecule has 1 N–H and O–H groups in total. The van der Waals surface area contributed by atoms with E-state index in [0.717, 1.165) is 11.4 Å². The Balaban J connectivity index is 2.15. The lowest BCUT2D eigenvalue weighted by Gasteiger charge is -2.11. The zero-order valence-electron chi connectivity index (χ0n) is 15.3. The Labute approximate surface area is 161 Å². The van der Waals surface area contributed by atoms with Crippen LogP contribution in [-0.2, 0) is 16.0 Å². The van der Waals surface area contributed by atoms with Crippen LogP contribution in [0.25, 0.3) is 6.08 Å². The fourth-order valence-electron chi connectivity index (χ4n) is 2.05. The molecule has 0 aliphatic rings. The Hall–Kier alpha value is -2.96. The molecule has 2 aromatic rings. The predicted octanol–water partition coefficient (Wildman–Crippen LogP) is 2.68. The number of nitriles is 1. The van der Waals surface area contributed by atoms with E-state index >= 15 is 0 Å². The average Bonchev–Trinajstić information content (AvgIpc) is 3.14. The van der Waals surface area contributed by atoms with E-state index in [1.54, 1.807) is 25.3 Å². The lowest BCUT2D eigenvalue weighted by molar-refractivity contribution is -0.112. The summed E-state index contributed by atoms with van der Waals surface area (Å²) in [5.74, 6) is 0.501. The Bertz CT molecular complexity index is 857. The van der Waals surface area contributed by atoms with Crippen LogP contribution in [0.1, 0.15) is 17.5 Å². The van der Waals surface area contributed by atoms with Gasteiger partial charge in [0.25, 0.3) is 5.91 Å². The van der Waals surface area contributed by atoms with Gasteiger partial charge in [-0.05, 0) is 30.2 Å². The van der Waals surface area contributed by atoms with Crippen molar-refractivity contribution in [2.24, 2.45) is 0 Å². The third-order valence-electron chi connectivity index (χ3n) is 3.40. The average molecular weight is 388 g/mol. The third kappa shape index (κ3) is 5.77. The van der Waals surface area contributed by atoms with E-state index < -0.39 is 5.91 Å². The number of amides is 1. The first kappa shape index (κ1) is 20.4. The van der Waals surface area contributed by atoms with Gasteiger partial charge in [-0.25, -0.2) is 0 Å². The van der Waals surface area contributed by atoms with Crippen molar-refractivity contribution in [3.63, 3.8) is 0 Å². The van der Waals surface area contributed by atoms with Crippen LogP contribution < -0.4 is 14.8 Å². The fourth-order valence-corrected chi connectivity index (χ4v) is 2.73. The molecule has 27 heavy (non-hydrogen) atoms. The van der Waals surface area contributed by atoms with Crippen molar-refractivity contribution in [3.8, 4) is 17.6 Å². The Morgan fingerprint density at radius 1 is 1.30 bits per heavy atom. The van der Waals surface area contributed by atoms with Gasteiger partial charge in [-0.2, -0.15) is 5.26 Å². The molecule has 0 spiro atoms. The van der Waals surface area contributed by atoms with Crippen molar-refractivity contribution in [1.82, 2.24) is 10.2 Å². The van der Waals surface area contributed by atoms with Crippen LogP contribution in [0, 0.1) is 11.3 Å². The zero-order chi connectivity index (χ0) is 19.6. The van der Waals surface area contributed by atoms with Crippen molar-refractivity contribution in [2.45, 2.75) is 13.3 Å². The first-order chi connectivity index (χ1) is 13.1. The molecule has 142 valence electrons. The minimum Gasteiger partial charge on any atom is -0.493 e. The van der Waals surface area contributed by atoms with Gasteiger partial charge in [0.1, 0.15) is 23.3 Å². The van der Waals surface area contributed by atoms with E-state index in [-0.39, 0.29) is 5.57 Å². The van der Waals surface area contributed by atoms with Crippen LogP contribution >= 0.6 is 11.3 Å². The second-order valence-electron chi connectivity index (χ2n) is 5.23. The molecule has 0 unspecified atom stereocenters. The number of aromatic nitrogens is 2. The number of rotatable bonds is 9. The highest BCUT2D eigenvalue weighted by atomic mass is 32.1. The van der Waals surface area contributed by atoms with E-state index in [1.807, 2.05) is 13.0 Å². The molecule has 0 aliphatic heterocycles. The first-order valence-corrected chi connectivity index (χ1v) is 8.98. The highest BCUT2D eigenvalue weighted by Crippen LogP contribution is 2.29. The van der Waals surface area contributed by atoms with E-state index in [9.17, 15) is 10.1 Å². The number of nitrogens with one attached hydrogen (secondary N) is 1. The van der Waals surface area contributed by atoms with Gasteiger partial charge >= 0.3 is 0 Å². The Morgan fingerprint density at radius 3 is 2.74 bits per heavy atom. The minimum absolute atomic E-state index is 0.0571. The number of hydrogen-bond donors (Lipinski definition) is 1. The predicted molar refractivity (Wildman–Crippen MR) is 102 cm³/mol. The van der Waals surface area contributed by atoms with Crippen molar-refractivity contribution in [1.29, 1.82) is 5.26 Å². The fraction of sp³-hybridized carbons (Fsp3) is 0.333. The highest BCUT2D eigenvalue weighted by Gasteiger charge is 2.13. The van der Waals surface area contributed by atoms with Gasteiger partial charge in [0, 0.05) is 7.11 Å². The second-order valence-corrected chi connectivity index (χ2v) is 6.29. The van der Waals surface area contributed by atoms with Crippen LogP contribution in [0.15, 0.2) is 23.8 Å². The summed E-state index contributed by atoms with van der Waals surface area (Å²) < 4.78 is 15.8. The number of benzene rings is 1. The SMILES string of the molecule is CCc1nnc(NC(=O)C(C#N)=Cc2ccc(OCCOC)c(OC)c2)s1. The van der Waals surface area contributed by atoms with E-state index in [1.165, 1.54) is 24.5 Å². The van der Waals surface area contributed by atoms with Crippen molar-refractivity contribution in [2.75, 3.05) is 32.8 Å². The quantitative estimate of drug-likeness (QED) is 0.400. The monoisotopic (exact) mass is 388 g/mol. The largest absolute Gasteiger partial charge is 0.493 e. The lowest BCUT2D eigenvalue weighted by Crippen LogP contribution is -2.13. The van der Waals surface area contributed by atoms with E-state index in [4.69, 9.17) is 14.2 Å². The molecule has 1 heterocycles. The molecule has 0 fully saturated rings. The summed E-state index contributed by atoms with van der Waals surface area (Å²) in [6.07, 6.45) is 2.20. The van der Waals surface area contributed by atoms with E-state index in [2.05, 4.69) is 15.5 Å². The molecule has 0 saturated heterocycles. The number of methoxy groups -OCH3 is 2. The normalized spacial score (nSPS) is 11.0. The number of carbonyl (C=O) groups is 1. The molecule has 0 aliphatic carbocycles. The number of ether oxygens (including phenoxy) is 3. The lowest BCUT2D eigenvalue weighted by atomic mass is 10.1. The summed E-state index contributed by atoms with van der Waals surface area (Å²) in [4.78, 5) is 12.3. The van der Waals surface area contributed by atoms with Gasteiger partial charge < -0.3 is 14.2 Å². The minimum atomic E-state index is -0.546. The molecule has 1 aromatic heterocycles. The zero-order valence-corrected chi connectivity index (χ0v) is 16.1. The van der Waals surface area contributed by atoms with E-state index in [0.29, 0.717) is 35.4 Å². The Morgan fingerprint density at radius 2 is 2.11 bits per heavy atom. The standard InChI is InChI=1S/C18H20N4O4S/c1-4-16-21-22-18(27-16)20-17(23)13(11-19)9-12-5-6-14(15(10-12)25-3)26-8-7-24-2/h5-6,9-10H,4,7-8H2,1-3H3,(H,20,22,23). The summed E-state index contributed by atoms with van der Waals surface area (Å²) in [6, 6.07) is 7.03. The van der Waals surface area contributed by atoms with Crippen molar-refractivity contribution in [3.05, 3.63) is 34.3 Å². The maximum Gasteiger partial charge on any atom is 0.268 e. The molecule has 9 heteroatoms. The maximum atomic E-state index is 12.3. The highest BCUT2D eigenvalue weighted by molar-refractivity contribution is 7.15. The van der Waals surface area contributed by atoms with Gasteiger partial charge in [-0.3, -0.25) is 10.1 Å². The summed E-state index contributed by atoms with van der Waals surface area (Å²) in [5, 5.41) is 20.9. The second kappa shape index (κ2) is 10.3. The summed E-state index contributed by atoms with van der Waals surface area (Å²) in [7, 11) is 3.11. The van der Waals surface area contributed by atoms with Crippen LogP contribution in [0.5, 0.6) is 11.5 Å². The number of carbonyl (C=O) groups excluding carboxylic acids is 1. The summed E-state index contributed by atoms with van der Waals surface area (Å²) in [5.41, 5.74) is 0.572. The molecule has 0 saturated carbocycles. The molecule has 1 amide bonds. The molecule has 2 rings (SSSR count). The number of hydrogen-bond acceptors (Lipinski definition) is 8. The number of anilines is 1. The molecule has 8 nitrogen and oxygen atoms in total. The van der Waals surface area contributed by atoms with Crippen LogP contribution in [0.3, 0.4) is 0 Å². The van der Waals surface area contributed by atoms with Gasteiger partial charge in [0.2, 0.25) is 5.13 Å².